The third-order valence-electron chi connectivity index (χ3n) is 2.39. The summed E-state index contributed by atoms with van der Waals surface area (Å²) < 4.78 is 1.79. The van der Waals surface area contributed by atoms with Crippen molar-refractivity contribution in [3.05, 3.63) is 22.9 Å². The molecule has 1 unspecified atom stereocenters. The summed E-state index contributed by atoms with van der Waals surface area (Å²) in [5, 5.41) is 0. The lowest BCUT2D eigenvalue weighted by Crippen LogP contribution is -2.31. The SMILES string of the molecule is CC(C)CC(CN(C)C)n1cc[nH]c1=O. The highest BCUT2D eigenvalue weighted by atomic mass is 16.1. The van der Waals surface area contributed by atoms with E-state index in [2.05, 4.69) is 23.7 Å². The third-order valence-corrected chi connectivity index (χ3v) is 2.39. The van der Waals surface area contributed by atoms with Crippen molar-refractivity contribution in [3.8, 4) is 0 Å². The van der Waals surface area contributed by atoms with E-state index in [-0.39, 0.29) is 11.7 Å². The van der Waals surface area contributed by atoms with Gasteiger partial charge in [0.05, 0.1) is 6.04 Å². The minimum Gasteiger partial charge on any atom is -0.313 e. The van der Waals surface area contributed by atoms with Gasteiger partial charge < -0.3 is 9.88 Å². The van der Waals surface area contributed by atoms with Crippen LogP contribution < -0.4 is 5.69 Å². The van der Waals surface area contributed by atoms with Gasteiger partial charge in [-0.3, -0.25) is 4.57 Å². The topological polar surface area (TPSA) is 41.0 Å². The summed E-state index contributed by atoms with van der Waals surface area (Å²) >= 11 is 0. The van der Waals surface area contributed by atoms with E-state index in [1.54, 1.807) is 10.8 Å². The highest BCUT2D eigenvalue weighted by Gasteiger charge is 2.15. The van der Waals surface area contributed by atoms with Gasteiger partial charge in [-0.1, -0.05) is 13.8 Å². The van der Waals surface area contributed by atoms with Crippen LogP contribution in [0, 0.1) is 5.92 Å². The second kappa shape index (κ2) is 5.16. The lowest BCUT2D eigenvalue weighted by Gasteiger charge is -2.23. The van der Waals surface area contributed by atoms with E-state index in [9.17, 15) is 4.79 Å². The Kier molecular flexibility index (Phi) is 4.15. The minimum atomic E-state index is -0.0116. The second-order valence-electron chi connectivity index (χ2n) is 4.72. The molecule has 0 saturated heterocycles. The summed E-state index contributed by atoms with van der Waals surface area (Å²) in [6.45, 7) is 5.26. The molecule has 0 fully saturated rings. The molecule has 15 heavy (non-hydrogen) atoms. The molecule has 4 heteroatoms. The van der Waals surface area contributed by atoms with Crippen molar-refractivity contribution in [1.82, 2.24) is 14.5 Å². The first-order chi connectivity index (χ1) is 7.00. The van der Waals surface area contributed by atoms with Gasteiger partial charge >= 0.3 is 5.69 Å². The van der Waals surface area contributed by atoms with Gasteiger partial charge in [0.25, 0.3) is 0 Å². The van der Waals surface area contributed by atoms with Crippen molar-refractivity contribution in [2.75, 3.05) is 20.6 Å². The Morgan fingerprint density at radius 2 is 2.13 bits per heavy atom. The van der Waals surface area contributed by atoms with Crippen LogP contribution in [0.1, 0.15) is 26.3 Å². The first-order valence-corrected chi connectivity index (χ1v) is 5.41. The highest BCUT2D eigenvalue weighted by molar-refractivity contribution is 4.83. The molecule has 1 aromatic rings. The Morgan fingerprint density at radius 1 is 1.47 bits per heavy atom. The van der Waals surface area contributed by atoms with E-state index in [1.165, 1.54) is 0 Å². The largest absolute Gasteiger partial charge is 0.325 e. The molecule has 1 rings (SSSR count). The maximum absolute atomic E-state index is 11.5. The number of likely N-dealkylation sites (N-methyl/N-ethyl adjacent to an activating group) is 1. The van der Waals surface area contributed by atoms with Crippen molar-refractivity contribution in [3.63, 3.8) is 0 Å². The number of rotatable bonds is 5. The molecule has 0 aliphatic carbocycles. The van der Waals surface area contributed by atoms with Crippen molar-refractivity contribution in [2.24, 2.45) is 5.92 Å². The number of aromatic nitrogens is 2. The molecule has 0 aliphatic heterocycles. The Labute approximate surface area is 90.9 Å². The molecule has 1 N–H and O–H groups in total. The highest BCUT2D eigenvalue weighted by Crippen LogP contribution is 2.16. The van der Waals surface area contributed by atoms with Crippen LogP contribution in [-0.4, -0.2) is 35.1 Å². The standard InChI is InChI=1S/C11H21N3O/c1-9(2)7-10(8-13(3)4)14-6-5-12-11(14)15/h5-6,9-10H,7-8H2,1-4H3,(H,12,15). The number of H-pyrrole nitrogens is 1. The summed E-state index contributed by atoms with van der Waals surface area (Å²) in [7, 11) is 4.07. The number of aromatic amines is 1. The van der Waals surface area contributed by atoms with E-state index in [0.29, 0.717) is 5.92 Å². The number of hydrogen-bond donors (Lipinski definition) is 1. The molecule has 86 valence electrons. The number of hydrogen-bond acceptors (Lipinski definition) is 2. The van der Waals surface area contributed by atoms with Crippen molar-refractivity contribution >= 4 is 0 Å². The molecule has 0 spiro atoms. The molecular weight excluding hydrogens is 190 g/mol. The van der Waals surface area contributed by atoms with Crippen LogP contribution in [0.4, 0.5) is 0 Å². The van der Waals surface area contributed by atoms with E-state index in [1.807, 2.05) is 20.3 Å². The number of nitrogens with one attached hydrogen (secondary N) is 1. The van der Waals surface area contributed by atoms with Gasteiger partial charge in [0, 0.05) is 18.9 Å². The lowest BCUT2D eigenvalue weighted by molar-refractivity contribution is 0.284. The zero-order chi connectivity index (χ0) is 11.4. The van der Waals surface area contributed by atoms with Gasteiger partial charge in [0.1, 0.15) is 0 Å². The van der Waals surface area contributed by atoms with E-state index in [0.717, 1.165) is 13.0 Å². The first kappa shape index (κ1) is 12.0. The zero-order valence-electron chi connectivity index (χ0n) is 10.0. The molecule has 0 amide bonds. The predicted molar refractivity (Wildman–Crippen MR) is 62.1 cm³/mol. The molecule has 1 atom stereocenters. The Morgan fingerprint density at radius 3 is 2.53 bits per heavy atom. The first-order valence-electron chi connectivity index (χ1n) is 5.41. The molecule has 0 bridgehead atoms. The second-order valence-corrected chi connectivity index (χ2v) is 4.72. The molecule has 4 nitrogen and oxygen atoms in total. The summed E-state index contributed by atoms with van der Waals surface area (Å²) in [6.07, 6.45) is 4.56. The fraction of sp³-hybridized carbons (Fsp3) is 0.727. The predicted octanol–water partition coefficient (Wildman–Crippen LogP) is 1.33. The summed E-state index contributed by atoms with van der Waals surface area (Å²) in [6, 6.07) is 0.263. The molecule has 1 aromatic heterocycles. The number of nitrogens with zero attached hydrogens (tertiary/aromatic N) is 2. The van der Waals surface area contributed by atoms with Crippen LogP contribution in [0.3, 0.4) is 0 Å². The minimum absolute atomic E-state index is 0.0116. The van der Waals surface area contributed by atoms with Crippen LogP contribution in [0.2, 0.25) is 0 Å². The van der Waals surface area contributed by atoms with Gasteiger partial charge in [0.15, 0.2) is 0 Å². The van der Waals surface area contributed by atoms with Crippen molar-refractivity contribution < 1.29 is 0 Å². The molecule has 0 aromatic carbocycles. The molecule has 0 saturated carbocycles. The average Bonchev–Trinajstić information content (AvgIpc) is 2.48. The van der Waals surface area contributed by atoms with Gasteiger partial charge in [-0.2, -0.15) is 0 Å². The smallest absolute Gasteiger partial charge is 0.313 e. The van der Waals surface area contributed by atoms with Crippen LogP contribution in [0.5, 0.6) is 0 Å². The quantitative estimate of drug-likeness (QED) is 0.798. The Bertz CT molecular complexity index is 328. The van der Waals surface area contributed by atoms with Gasteiger partial charge in [-0.15, -0.1) is 0 Å². The van der Waals surface area contributed by atoms with Crippen LogP contribution in [0.25, 0.3) is 0 Å². The van der Waals surface area contributed by atoms with Gasteiger partial charge in [-0.05, 0) is 26.4 Å². The average molecular weight is 211 g/mol. The fourth-order valence-electron chi connectivity index (χ4n) is 1.86. The van der Waals surface area contributed by atoms with Crippen LogP contribution in [0.15, 0.2) is 17.2 Å². The van der Waals surface area contributed by atoms with Crippen LogP contribution >= 0.6 is 0 Å². The van der Waals surface area contributed by atoms with E-state index >= 15 is 0 Å². The zero-order valence-corrected chi connectivity index (χ0v) is 10.0. The summed E-state index contributed by atoms with van der Waals surface area (Å²) in [5.74, 6) is 0.594. The van der Waals surface area contributed by atoms with Crippen molar-refractivity contribution in [1.29, 1.82) is 0 Å². The number of imidazole rings is 1. The Balaban J connectivity index is 2.81. The molecule has 1 heterocycles. The molecular formula is C11H21N3O. The normalized spacial score (nSPS) is 13.7. The lowest BCUT2D eigenvalue weighted by atomic mass is 10.0. The maximum Gasteiger partial charge on any atom is 0.325 e. The molecule has 0 radical (unpaired) electrons. The fourth-order valence-corrected chi connectivity index (χ4v) is 1.86. The Hall–Kier alpha value is -1.03. The van der Waals surface area contributed by atoms with Gasteiger partial charge in [0.2, 0.25) is 0 Å². The summed E-state index contributed by atoms with van der Waals surface area (Å²) in [5.41, 5.74) is -0.0116. The van der Waals surface area contributed by atoms with Gasteiger partial charge in [-0.25, -0.2) is 4.79 Å². The molecule has 0 aliphatic rings. The van der Waals surface area contributed by atoms with Crippen LogP contribution in [-0.2, 0) is 0 Å². The maximum atomic E-state index is 11.5. The third kappa shape index (κ3) is 3.55. The van der Waals surface area contributed by atoms with E-state index < -0.39 is 0 Å². The monoisotopic (exact) mass is 211 g/mol. The van der Waals surface area contributed by atoms with E-state index in [4.69, 9.17) is 0 Å². The summed E-state index contributed by atoms with van der Waals surface area (Å²) in [4.78, 5) is 16.3. The van der Waals surface area contributed by atoms with Crippen molar-refractivity contribution in [2.45, 2.75) is 26.3 Å².